The molecule has 1 atom stereocenters. The van der Waals surface area contributed by atoms with E-state index in [4.69, 9.17) is 10.5 Å². The Morgan fingerprint density at radius 1 is 1.19 bits per heavy atom. The van der Waals surface area contributed by atoms with E-state index in [0.717, 1.165) is 11.4 Å². The van der Waals surface area contributed by atoms with Crippen LogP contribution in [-0.4, -0.2) is 37.7 Å². The first-order chi connectivity index (χ1) is 15.0. The van der Waals surface area contributed by atoms with Crippen LogP contribution in [0.1, 0.15) is 60.8 Å². The number of nitrogens with zero attached hydrogens (tertiary/aromatic N) is 2. The summed E-state index contributed by atoms with van der Waals surface area (Å²) in [6, 6.07) is 7.12. The fourth-order valence-corrected chi connectivity index (χ4v) is 2.60. The Bertz CT molecular complexity index is 630. The zero-order valence-corrected chi connectivity index (χ0v) is 23.8. The molecule has 2 fully saturated rings. The largest absolute Gasteiger partial charge is 2.00 e. The van der Waals surface area contributed by atoms with Gasteiger partial charge in [-0.3, -0.25) is 4.90 Å². The van der Waals surface area contributed by atoms with Crippen molar-refractivity contribution in [3.05, 3.63) is 50.3 Å². The van der Waals surface area contributed by atoms with Gasteiger partial charge in [-0.25, -0.2) is 4.79 Å². The van der Waals surface area contributed by atoms with Gasteiger partial charge in [-0.2, -0.15) is 6.92 Å². The second-order valence-electron chi connectivity index (χ2n) is 6.11. The van der Waals surface area contributed by atoms with Gasteiger partial charge >= 0.3 is 27.2 Å². The summed E-state index contributed by atoms with van der Waals surface area (Å²) in [5.74, 6) is -0.260. The maximum absolute atomic E-state index is 11.7. The fraction of sp³-hybridized carbons (Fsp3) is 0.520. The molecule has 0 aromatic heterocycles. The number of benzene rings is 1. The number of carbonyl (C=O) groups is 2. The van der Waals surface area contributed by atoms with E-state index < -0.39 is 6.09 Å². The van der Waals surface area contributed by atoms with Crippen LogP contribution in [0.15, 0.2) is 36.4 Å². The number of allylic oxidation sites excluding steroid dienone is 1. The summed E-state index contributed by atoms with van der Waals surface area (Å²) in [6.07, 6.45) is 3.31. The molecule has 2 aliphatic rings. The number of amides is 2. The van der Waals surface area contributed by atoms with Crippen LogP contribution in [0.3, 0.4) is 0 Å². The Morgan fingerprint density at radius 2 is 1.66 bits per heavy atom. The summed E-state index contributed by atoms with van der Waals surface area (Å²) < 4.78 is 5.10. The number of nitrogens with two attached hydrogens (primary N) is 1. The average Bonchev–Trinajstić information content (AvgIpc) is 3.18. The molecule has 1 aliphatic carbocycles. The molecule has 1 saturated heterocycles. The molecule has 2 N–H and O–H groups in total. The minimum atomic E-state index is -0.395. The van der Waals surface area contributed by atoms with Gasteiger partial charge in [-0.1, -0.05) is 39.8 Å². The van der Waals surface area contributed by atoms with E-state index in [1.807, 2.05) is 34.6 Å². The van der Waals surface area contributed by atoms with Crippen molar-refractivity contribution in [1.82, 2.24) is 0 Å². The van der Waals surface area contributed by atoms with E-state index in [2.05, 4.69) is 20.4 Å². The van der Waals surface area contributed by atoms with Gasteiger partial charge < -0.3 is 34.0 Å². The third-order valence-corrected chi connectivity index (χ3v) is 4.29. The molecule has 0 spiro atoms. The summed E-state index contributed by atoms with van der Waals surface area (Å²) in [6.45, 7) is 23.3. The summed E-state index contributed by atoms with van der Waals surface area (Å²) >= 11 is 0. The number of hydrogen-bond donors (Lipinski definition) is 1. The van der Waals surface area contributed by atoms with Gasteiger partial charge in [0.05, 0.1) is 12.5 Å². The van der Waals surface area contributed by atoms with Crippen molar-refractivity contribution in [2.75, 3.05) is 29.4 Å². The maximum atomic E-state index is 11.7. The minimum absolute atomic E-state index is 0. The van der Waals surface area contributed by atoms with Crippen LogP contribution in [0.4, 0.5) is 16.2 Å². The van der Waals surface area contributed by atoms with Crippen LogP contribution < -0.4 is 15.5 Å². The first-order valence-electron chi connectivity index (χ1n) is 11.2. The minimum Gasteiger partial charge on any atom is -0.443 e. The fourth-order valence-electron chi connectivity index (χ4n) is 2.60. The van der Waals surface area contributed by atoms with Crippen LogP contribution in [0.2, 0.25) is 0 Å². The second kappa shape index (κ2) is 21.1. The number of cyclic esters (lactones) is 1. The van der Waals surface area contributed by atoms with E-state index >= 15 is 0 Å². The zero-order chi connectivity index (χ0) is 24.4. The number of hydrogen-bond acceptors (Lipinski definition) is 4. The van der Waals surface area contributed by atoms with Crippen LogP contribution in [-0.2, 0) is 30.6 Å². The van der Waals surface area contributed by atoms with Crippen molar-refractivity contribution in [2.45, 2.75) is 66.9 Å². The van der Waals surface area contributed by atoms with Crippen molar-refractivity contribution >= 4 is 23.4 Å². The van der Waals surface area contributed by atoms with Crippen molar-refractivity contribution < 1.29 is 35.4 Å². The van der Waals surface area contributed by atoms with Crippen LogP contribution >= 0.6 is 0 Å². The van der Waals surface area contributed by atoms with Crippen molar-refractivity contribution in [2.24, 2.45) is 5.73 Å². The van der Waals surface area contributed by atoms with Gasteiger partial charge in [-0.05, 0) is 50.5 Å². The molecule has 1 aromatic carbocycles. The SMILES string of the molecule is C=C1CCC1.CC.CC.[CH2-]C.[CH2-]C(=O)N(CC)c1ccc(N2CC(CN)OC2=O)cc1.[W+2]. The molecule has 6 nitrogen and oxygen atoms in total. The molecule has 1 heterocycles. The van der Waals surface area contributed by atoms with Gasteiger partial charge in [0.1, 0.15) is 6.10 Å². The molecule has 3 rings (SSSR count). The van der Waals surface area contributed by atoms with Gasteiger partial charge in [0, 0.05) is 24.5 Å². The third kappa shape index (κ3) is 11.7. The quantitative estimate of drug-likeness (QED) is 0.344. The van der Waals surface area contributed by atoms with E-state index in [0.29, 0.717) is 19.6 Å². The number of ether oxygens (including phenoxy) is 1. The molecule has 1 unspecified atom stereocenters. The van der Waals surface area contributed by atoms with Crippen LogP contribution in [0.5, 0.6) is 0 Å². The Hall–Kier alpha value is -1.78. The molecule has 32 heavy (non-hydrogen) atoms. The first-order valence-corrected chi connectivity index (χ1v) is 11.2. The van der Waals surface area contributed by atoms with Crippen molar-refractivity contribution in [3.63, 3.8) is 0 Å². The maximum Gasteiger partial charge on any atom is 2.00 e. The molecule has 1 aromatic rings. The topological polar surface area (TPSA) is 75.9 Å². The van der Waals surface area contributed by atoms with Crippen molar-refractivity contribution in [1.29, 1.82) is 0 Å². The van der Waals surface area contributed by atoms with Gasteiger partial charge in [0.15, 0.2) is 0 Å². The standard InChI is InChI=1S/C14H18N3O3.C5H8.2C2H6.C2H5.W/c1-3-16(10(2)18)11-4-6-12(7-5-11)17-9-13(8-15)20-14(17)19;1-5-3-2-4-5;3*1-2;/h4-7,13H,2-3,8-9,15H2,1H3;1-4H2;2*1-2H3;1H2,2H3;/q-1;;;;-1;+2. The molecular formula is C25H43N3O3W. The first kappa shape index (κ1) is 34.8. The van der Waals surface area contributed by atoms with Gasteiger partial charge in [0.2, 0.25) is 0 Å². The summed E-state index contributed by atoms with van der Waals surface area (Å²) in [5, 5.41) is 0. The Morgan fingerprint density at radius 3 is 1.94 bits per heavy atom. The van der Waals surface area contributed by atoms with Gasteiger partial charge in [0.25, 0.3) is 0 Å². The molecule has 2 amide bonds. The predicted molar refractivity (Wildman–Crippen MR) is 133 cm³/mol. The molecule has 1 saturated carbocycles. The predicted octanol–water partition coefficient (Wildman–Crippen LogP) is 5.77. The van der Waals surface area contributed by atoms with Gasteiger partial charge in [-0.15, -0.1) is 0 Å². The van der Waals surface area contributed by atoms with E-state index in [1.165, 1.54) is 29.7 Å². The molecule has 1 aliphatic heterocycles. The molecule has 182 valence electrons. The second-order valence-corrected chi connectivity index (χ2v) is 6.11. The normalized spacial score (nSPS) is 15.2. The van der Waals surface area contributed by atoms with Crippen LogP contribution in [0.25, 0.3) is 0 Å². The molecule has 0 bridgehead atoms. The summed E-state index contributed by atoms with van der Waals surface area (Å²) in [5.41, 5.74) is 8.41. The Kier molecular flexibility index (Phi) is 22.9. The molecule has 0 radical (unpaired) electrons. The Balaban J connectivity index is -0.000000590. The third-order valence-electron chi connectivity index (χ3n) is 4.29. The van der Waals surface area contributed by atoms with E-state index in [1.54, 1.807) is 36.1 Å². The monoisotopic (exact) mass is 617 g/mol. The number of carbonyl (C=O) groups excluding carboxylic acids is 2. The van der Waals surface area contributed by atoms with Crippen LogP contribution in [0, 0.1) is 13.8 Å². The smallest absolute Gasteiger partial charge is 0.443 e. The summed E-state index contributed by atoms with van der Waals surface area (Å²) in [7, 11) is 0. The van der Waals surface area contributed by atoms with E-state index in [9.17, 15) is 9.59 Å². The average molecular weight is 617 g/mol. The molecular weight excluding hydrogens is 574 g/mol. The van der Waals surface area contributed by atoms with Crippen molar-refractivity contribution in [3.8, 4) is 0 Å². The number of anilines is 2. The summed E-state index contributed by atoms with van der Waals surface area (Å²) in [4.78, 5) is 26.1. The number of rotatable bonds is 4. The Labute approximate surface area is 210 Å². The van der Waals surface area contributed by atoms with E-state index in [-0.39, 0.29) is 33.1 Å². The zero-order valence-electron chi connectivity index (χ0n) is 20.9. The molecule has 7 heteroatoms.